The van der Waals surface area contributed by atoms with Gasteiger partial charge in [-0.15, -0.1) is 0 Å². The summed E-state index contributed by atoms with van der Waals surface area (Å²) in [6.45, 7) is 2.73. The minimum absolute atomic E-state index is 0.115. The van der Waals surface area contributed by atoms with Gasteiger partial charge in [-0.2, -0.15) is 12.6 Å². The highest BCUT2D eigenvalue weighted by atomic mass is 32.1. The maximum atomic E-state index is 12.5. The van der Waals surface area contributed by atoms with Gasteiger partial charge in [0.05, 0.1) is 24.8 Å². The van der Waals surface area contributed by atoms with Crippen molar-refractivity contribution >= 4 is 35.9 Å². The Kier molecular flexibility index (Phi) is 6.89. The Labute approximate surface area is 151 Å². The molecule has 1 aromatic carbocycles. The molecule has 1 atom stereocenters. The van der Waals surface area contributed by atoms with Gasteiger partial charge in [-0.05, 0) is 36.8 Å². The number of thiol groups is 1. The first-order chi connectivity index (χ1) is 11.5. The monoisotopic (exact) mass is 368 g/mol. The van der Waals surface area contributed by atoms with Crippen molar-refractivity contribution in [3.63, 3.8) is 0 Å². The minimum Gasteiger partial charge on any atom is -0.508 e. The maximum absolute atomic E-state index is 12.5. The van der Waals surface area contributed by atoms with Crippen molar-refractivity contribution in [2.45, 2.75) is 13.0 Å². The normalized spacial score (nSPS) is 17.2. The third-order valence-corrected chi connectivity index (χ3v) is 3.79. The van der Waals surface area contributed by atoms with Crippen LogP contribution in [0.2, 0.25) is 0 Å². The van der Waals surface area contributed by atoms with E-state index in [9.17, 15) is 9.90 Å². The van der Waals surface area contributed by atoms with E-state index in [0.717, 1.165) is 5.56 Å². The molecule has 3 N–H and O–H groups in total. The van der Waals surface area contributed by atoms with Crippen LogP contribution < -0.4 is 10.6 Å². The quantitative estimate of drug-likeness (QED) is 0.252. The molecule has 1 aromatic rings. The Balaban J connectivity index is 2.15. The number of thiocarbonyl (C=S) groups is 1. The first-order valence-electron chi connectivity index (χ1n) is 7.46. The molecule has 0 bridgehead atoms. The summed E-state index contributed by atoms with van der Waals surface area (Å²) in [5.74, 6) is 0.269. The zero-order chi connectivity index (χ0) is 17.5. The Hall–Kier alpha value is -1.77. The number of ether oxygens (including phenoxy) is 2. The number of aromatic hydroxyl groups is 1. The number of carbonyl (C=O) groups is 1. The van der Waals surface area contributed by atoms with E-state index < -0.39 is 12.0 Å². The number of phenols is 1. The van der Waals surface area contributed by atoms with Crippen LogP contribution in [0.25, 0.3) is 0 Å². The summed E-state index contributed by atoms with van der Waals surface area (Å²) in [5.41, 5.74) is 1.76. The molecule has 0 aliphatic carbocycles. The van der Waals surface area contributed by atoms with E-state index in [2.05, 4.69) is 23.3 Å². The molecule has 1 aliphatic rings. The number of hydrogen-bond donors (Lipinski definition) is 4. The zero-order valence-corrected chi connectivity index (χ0v) is 15.0. The Morgan fingerprint density at radius 3 is 2.88 bits per heavy atom. The van der Waals surface area contributed by atoms with E-state index in [1.807, 2.05) is 6.07 Å². The van der Waals surface area contributed by atoms with Crippen LogP contribution >= 0.6 is 24.8 Å². The number of allylic oxidation sites excluding steroid dienone is 1. The summed E-state index contributed by atoms with van der Waals surface area (Å²) < 4.78 is 10.5. The van der Waals surface area contributed by atoms with Crippen LogP contribution in [0.5, 0.6) is 5.75 Å². The van der Waals surface area contributed by atoms with Crippen LogP contribution in [0.3, 0.4) is 0 Å². The van der Waals surface area contributed by atoms with Crippen LogP contribution in [0.15, 0.2) is 35.5 Å². The Morgan fingerprint density at radius 2 is 2.17 bits per heavy atom. The summed E-state index contributed by atoms with van der Waals surface area (Å²) in [6.07, 6.45) is 0. The maximum Gasteiger partial charge on any atom is 0.338 e. The van der Waals surface area contributed by atoms with Gasteiger partial charge < -0.3 is 25.2 Å². The third kappa shape index (κ3) is 4.86. The Morgan fingerprint density at radius 1 is 1.38 bits per heavy atom. The average molecular weight is 368 g/mol. The average Bonchev–Trinajstić information content (AvgIpc) is 2.53. The highest BCUT2D eigenvalue weighted by molar-refractivity contribution is 7.80. The predicted molar refractivity (Wildman–Crippen MR) is 98.0 cm³/mol. The first-order valence-corrected chi connectivity index (χ1v) is 8.50. The van der Waals surface area contributed by atoms with Crippen LogP contribution in [0.4, 0.5) is 0 Å². The van der Waals surface area contributed by atoms with E-state index in [0.29, 0.717) is 35.3 Å². The molecule has 0 fully saturated rings. The lowest BCUT2D eigenvalue weighted by molar-refractivity contribution is -0.141. The fraction of sp³-hybridized carbons (Fsp3) is 0.375. The standard InChI is InChI=1S/C16H20N2O4S2/c1-10-13(15(20)22-6-5-21-7-8-23)14(18-16(24)17-10)11-3-2-4-12(19)9-11/h2-4,9,14,19,23H,5-8H2,1H3,(H2,17,18,24). The number of hydrogen-bond acceptors (Lipinski definition) is 6. The van der Waals surface area contributed by atoms with Crippen LogP contribution in [0.1, 0.15) is 18.5 Å². The van der Waals surface area contributed by atoms with Crippen molar-refractivity contribution < 1.29 is 19.4 Å². The smallest absolute Gasteiger partial charge is 0.338 e. The minimum atomic E-state index is -0.489. The fourth-order valence-corrected chi connectivity index (χ4v) is 2.76. The van der Waals surface area contributed by atoms with Crippen molar-refractivity contribution in [3.8, 4) is 5.75 Å². The molecule has 2 rings (SSSR count). The number of carbonyl (C=O) groups excluding carboxylic acids is 1. The van der Waals surface area contributed by atoms with E-state index in [1.54, 1.807) is 25.1 Å². The highest BCUT2D eigenvalue weighted by Crippen LogP contribution is 2.29. The fourth-order valence-electron chi connectivity index (χ4n) is 2.36. The molecule has 1 aliphatic heterocycles. The highest BCUT2D eigenvalue weighted by Gasteiger charge is 2.31. The molecule has 0 radical (unpaired) electrons. The summed E-state index contributed by atoms with van der Waals surface area (Å²) >= 11 is 9.21. The summed E-state index contributed by atoms with van der Waals surface area (Å²) in [5, 5.41) is 16.1. The summed E-state index contributed by atoms with van der Waals surface area (Å²) in [4.78, 5) is 12.5. The molecular weight excluding hydrogens is 348 g/mol. The van der Waals surface area contributed by atoms with Gasteiger partial charge in [0.15, 0.2) is 5.11 Å². The predicted octanol–water partition coefficient (Wildman–Crippen LogP) is 1.67. The number of nitrogens with one attached hydrogen (secondary N) is 2. The lowest BCUT2D eigenvalue weighted by Gasteiger charge is -2.29. The molecule has 130 valence electrons. The zero-order valence-electron chi connectivity index (χ0n) is 13.2. The van der Waals surface area contributed by atoms with Gasteiger partial charge in [0.1, 0.15) is 12.4 Å². The van der Waals surface area contributed by atoms with E-state index in [-0.39, 0.29) is 12.4 Å². The van der Waals surface area contributed by atoms with Crippen molar-refractivity contribution in [1.29, 1.82) is 0 Å². The van der Waals surface area contributed by atoms with Crippen LogP contribution in [-0.2, 0) is 14.3 Å². The van der Waals surface area contributed by atoms with Gasteiger partial charge in [0.2, 0.25) is 0 Å². The largest absolute Gasteiger partial charge is 0.508 e. The molecule has 0 saturated carbocycles. The second kappa shape index (κ2) is 8.91. The second-order valence-corrected chi connectivity index (χ2v) is 5.99. The molecule has 6 nitrogen and oxygen atoms in total. The van der Waals surface area contributed by atoms with Crippen molar-refractivity contribution in [2.24, 2.45) is 0 Å². The van der Waals surface area contributed by atoms with E-state index in [4.69, 9.17) is 21.7 Å². The Bertz CT molecular complexity index is 649. The van der Waals surface area contributed by atoms with Gasteiger partial charge in [-0.3, -0.25) is 0 Å². The molecule has 0 amide bonds. The van der Waals surface area contributed by atoms with Crippen molar-refractivity contribution in [2.75, 3.05) is 25.6 Å². The topological polar surface area (TPSA) is 79.8 Å². The van der Waals surface area contributed by atoms with Gasteiger partial charge in [-0.1, -0.05) is 12.1 Å². The number of esters is 1. The molecular formula is C16H20N2O4S2. The lowest BCUT2D eigenvalue weighted by atomic mass is 9.95. The van der Waals surface area contributed by atoms with Crippen molar-refractivity contribution in [1.82, 2.24) is 10.6 Å². The molecule has 0 spiro atoms. The summed E-state index contributed by atoms with van der Waals surface area (Å²) in [6, 6.07) is 6.18. The molecule has 8 heteroatoms. The molecule has 0 saturated heterocycles. The van der Waals surface area contributed by atoms with E-state index >= 15 is 0 Å². The van der Waals surface area contributed by atoms with Crippen molar-refractivity contribution in [3.05, 3.63) is 41.1 Å². The molecule has 24 heavy (non-hydrogen) atoms. The van der Waals surface area contributed by atoms with Gasteiger partial charge in [0, 0.05) is 11.4 Å². The SMILES string of the molecule is CC1=C(C(=O)OCCOCCS)C(c2cccc(O)c2)NC(=S)N1. The molecule has 0 aromatic heterocycles. The molecule has 1 heterocycles. The molecule has 1 unspecified atom stereocenters. The van der Waals surface area contributed by atoms with Gasteiger partial charge in [0.25, 0.3) is 0 Å². The number of rotatable bonds is 7. The summed E-state index contributed by atoms with van der Waals surface area (Å²) in [7, 11) is 0. The second-order valence-electron chi connectivity index (χ2n) is 5.14. The first kappa shape index (κ1) is 18.6. The van der Waals surface area contributed by atoms with Gasteiger partial charge >= 0.3 is 5.97 Å². The van der Waals surface area contributed by atoms with Crippen LogP contribution in [0, 0.1) is 0 Å². The van der Waals surface area contributed by atoms with Crippen LogP contribution in [-0.4, -0.2) is 41.8 Å². The van der Waals surface area contributed by atoms with E-state index in [1.165, 1.54) is 0 Å². The van der Waals surface area contributed by atoms with Gasteiger partial charge in [-0.25, -0.2) is 4.79 Å². The lowest BCUT2D eigenvalue weighted by Crippen LogP contribution is -2.45. The number of phenolic OH excluding ortho intramolecular Hbond substituents is 1. The third-order valence-electron chi connectivity index (χ3n) is 3.39. The number of benzene rings is 1.